The summed E-state index contributed by atoms with van der Waals surface area (Å²) in [7, 11) is 2.97. The van der Waals surface area contributed by atoms with Crippen molar-refractivity contribution < 1.29 is 23.9 Å². The number of anilines is 1. The summed E-state index contributed by atoms with van der Waals surface area (Å²) in [6, 6.07) is 11.0. The number of nitrogens with zero attached hydrogens (tertiary/aromatic N) is 1. The number of pyridine rings is 1. The number of hydrogen-bond donors (Lipinski definition) is 2. The Kier molecular flexibility index (Phi) is 12.5. The van der Waals surface area contributed by atoms with Crippen LogP contribution in [0.4, 0.5) is 5.82 Å². The highest BCUT2D eigenvalue weighted by Gasteiger charge is 2.19. The minimum absolute atomic E-state index is 0.113. The maximum atomic E-state index is 12.2. The SMILES string of the molecule is COC(=O)c1ccc(NC(=O)CSC(NC(C)=O)C2=CCCCCC2)nc1.COc1ccc(C)cc1. The number of methoxy groups -OCH3 is 2. The Morgan fingerprint density at radius 2 is 1.81 bits per heavy atom. The van der Waals surface area contributed by atoms with Crippen LogP contribution in [-0.2, 0) is 14.3 Å². The number of ether oxygens (including phenoxy) is 2. The fraction of sp³-hybridized carbons (Fsp3) is 0.407. The Hall–Kier alpha value is -3.33. The zero-order valence-electron chi connectivity index (χ0n) is 21.3. The van der Waals surface area contributed by atoms with Crippen LogP contribution in [0.2, 0.25) is 0 Å². The van der Waals surface area contributed by atoms with Gasteiger partial charge in [-0.1, -0.05) is 30.2 Å². The van der Waals surface area contributed by atoms with Gasteiger partial charge in [0.25, 0.3) is 0 Å². The summed E-state index contributed by atoms with van der Waals surface area (Å²) in [5.74, 6) is 0.647. The fourth-order valence-electron chi connectivity index (χ4n) is 3.42. The smallest absolute Gasteiger partial charge is 0.339 e. The number of amides is 2. The number of rotatable bonds is 8. The van der Waals surface area contributed by atoms with Gasteiger partial charge in [-0.05, 0) is 62.4 Å². The van der Waals surface area contributed by atoms with Crippen LogP contribution in [0, 0.1) is 6.92 Å². The number of carbonyl (C=O) groups is 3. The summed E-state index contributed by atoms with van der Waals surface area (Å²) in [6.45, 7) is 3.54. The lowest BCUT2D eigenvalue weighted by atomic mass is 10.1. The van der Waals surface area contributed by atoms with E-state index < -0.39 is 5.97 Å². The van der Waals surface area contributed by atoms with E-state index in [2.05, 4.69) is 33.4 Å². The van der Waals surface area contributed by atoms with E-state index in [1.807, 2.05) is 24.3 Å². The molecule has 0 saturated carbocycles. The van der Waals surface area contributed by atoms with Gasteiger partial charge in [-0.3, -0.25) is 9.59 Å². The molecule has 1 aromatic carbocycles. The molecule has 0 radical (unpaired) electrons. The molecule has 36 heavy (non-hydrogen) atoms. The number of esters is 1. The number of aromatic nitrogens is 1. The van der Waals surface area contributed by atoms with E-state index >= 15 is 0 Å². The normalized spacial score (nSPS) is 13.6. The third-order valence-electron chi connectivity index (χ3n) is 5.34. The molecule has 0 bridgehead atoms. The Morgan fingerprint density at radius 1 is 1.06 bits per heavy atom. The lowest BCUT2D eigenvalue weighted by Crippen LogP contribution is -2.33. The van der Waals surface area contributed by atoms with E-state index in [1.165, 1.54) is 55.6 Å². The first kappa shape index (κ1) is 28.9. The molecular weight excluding hydrogens is 478 g/mol. The van der Waals surface area contributed by atoms with Crippen molar-refractivity contribution in [2.45, 2.75) is 51.3 Å². The molecule has 1 atom stereocenters. The molecule has 2 N–H and O–H groups in total. The van der Waals surface area contributed by atoms with Gasteiger partial charge in [0.05, 0.1) is 30.9 Å². The standard InChI is InChI=1S/C19H25N3O4S.C8H10O/c1-13(23)21-18(14-7-5-3-4-6-8-14)27-12-17(24)22-16-10-9-15(11-20-16)19(25)26-2;1-7-3-5-8(9-2)6-4-7/h7,9-11,18H,3-6,8,12H2,1-2H3,(H,21,23)(H,20,22,24);3-6H,1-2H3. The zero-order valence-corrected chi connectivity index (χ0v) is 22.2. The first-order chi connectivity index (χ1) is 17.3. The summed E-state index contributed by atoms with van der Waals surface area (Å²) in [5.41, 5.74) is 2.76. The molecule has 9 heteroatoms. The maximum absolute atomic E-state index is 12.2. The predicted molar refractivity (Wildman–Crippen MR) is 143 cm³/mol. The van der Waals surface area contributed by atoms with Crippen molar-refractivity contribution in [3.63, 3.8) is 0 Å². The highest BCUT2D eigenvalue weighted by atomic mass is 32.2. The largest absolute Gasteiger partial charge is 0.497 e. The van der Waals surface area contributed by atoms with E-state index in [9.17, 15) is 14.4 Å². The average molecular weight is 514 g/mol. The Labute approximate surface area is 217 Å². The molecule has 3 rings (SSSR count). The van der Waals surface area contributed by atoms with Gasteiger partial charge in [0.2, 0.25) is 11.8 Å². The van der Waals surface area contributed by atoms with E-state index in [1.54, 1.807) is 13.2 Å². The first-order valence-electron chi connectivity index (χ1n) is 11.8. The Morgan fingerprint density at radius 3 is 2.42 bits per heavy atom. The number of nitrogens with one attached hydrogen (secondary N) is 2. The average Bonchev–Trinajstić information content (AvgIpc) is 3.17. The van der Waals surface area contributed by atoms with Crippen molar-refractivity contribution in [1.29, 1.82) is 0 Å². The molecule has 1 heterocycles. The number of hydrogen-bond acceptors (Lipinski definition) is 7. The fourth-order valence-corrected chi connectivity index (χ4v) is 4.49. The van der Waals surface area contributed by atoms with Gasteiger partial charge in [0.1, 0.15) is 11.6 Å². The Balaban J connectivity index is 0.000000425. The summed E-state index contributed by atoms with van der Waals surface area (Å²) < 4.78 is 9.58. The van der Waals surface area contributed by atoms with Crippen molar-refractivity contribution in [2.75, 3.05) is 25.3 Å². The number of thioether (sulfide) groups is 1. The van der Waals surface area contributed by atoms with Crippen molar-refractivity contribution in [3.05, 3.63) is 65.4 Å². The molecule has 194 valence electrons. The van der Waals surface area contributed by atoms with Gasteiger partial charge in [-0.15, -0.1) is 11.8 Å². The van der Waals surface area contributed by atoms with Crippen LogP contribution in [0.5, 0.6) is 5.75 Å². The molecule has 1 aromatic heterocycles. The van der Waals surface area contributed by atoms with E-state index in [0.717, 1.165) is 31.4 Å². The number of carbonyl (C=O) groups excluding carboxylic acids is 3. The first-order valence-corrected chi connectivity index (χ1v) is 12.9. The number of allylic oxidation sites excluding steroid dienone is 1. The van der Waals surface area contributed by atoms with Gasteiger partial charge in [-0.25, -0.2) is 9.78 Å². The van der Waals surface area contributed by atoms with Crippen LogP contribution in [0.3, 0.4) is 0 Å². The Bertz CT molecular complexity index is 1020. The van der Waals surface area contributed by atoms with E-state index in [4.69, 9.17) is 4.74 Å². The highest BCUT2D eigenvalue weighted by Crippen LogP contribution is 2.26. The molecule has 2 aromatic rings. The molecule has 0 aliphatic heterocycles. The molecule has 1 aliphatic rings. The van der Waals surface area contributed by atoms with E-state index in [-0.39, 0.29) is 22.9 Å². The topological polar surface area (TPSA) is 107 Å². The molecule has 0 spiro atoms. The zero-order chi connectivity index (χ0) is 26.3. The van der Waals surface area contributed by atoms with Crippen LogP contribution < -0.4 is 15.4 Å². The van der Waals surface area contributed by atoms with Crippen molar-refractivity contribution in [2.24, 2.45) is 0 Å². The van der Waals surface area contributed by atoms with Crippen LogP contribution in [0.25, 0.3) is 0 Å². The highest BCUT2D eigenvalue weighted by molar-refractivity contribution is 8.00. The predicted octanol–water partition coefficient (Wildman–Crippen LogP) is 4.90. The molecule has 0 saturated heterocycles. The van der Waals surface area contributed by atoms with Gasteiger partial charge < -0.3 is 20.1 Å². The molecule has 1 aliphatic carbocycles. The minimum atomic E-state index is -0.481. The summed E-state index contributed by atoms with van der Waals surface area (Å²) >= 11 is 1.39. The van der Waals surface area contributed by atoms with Crippen LogP contribution >= 0.6 is 11.8 Å². The molecule has 8 nitrogen and oxygen atoms in total. The summed E-state index contributed by atoms with van der Waals surface area (Å²) in [6.07, 6.45) is 8.94. The second-order valence-corrected chi connectivity index (χ2v) is 9.35. The number of benzene rings is 1. The van der Waals surface area contributed by atoms with Crippen LogP contribution in [0.1, 0.15) is 54.9 Å². The second kappa shape index (κ2) is 15.6. The lowest BCUT2D eigenvalue weighted by Gasteiger charge is -2.20. The quantitative estimate of drug-likeness (QED) is 0.294. The van der Waals surface area contributed by atoms with Crippen molar-refractivity contribution in [1.82, 2.24) is 10.3 Å². The molecule has 2 amide bonds. The van der Waals surface area contributed by atoms with Gasteiger partial charge in [0.15, 0.2) is 0 Å². The summed E-state index contributed by atoms with van der Waals surface area (Å²) in [4.78, 5) is 39.2. The number of aryl methyl sites for hydroxylation is 1. The van der Waals surface area contributed by atoms with Gasteiger partial charge in [-0.2, -0.15) is 0 Å². The lowest BCUT2D eigenvalue weighted by molar-refractivity contribution is -0.119. The monoisotopic (exact) mass is 513 g/mol. The minimum Gasteiger partial charge on any atom is -0.497 e. The molecular formula is C27H35N3O5S. The van der Waals surface area contributed by atoms with Crippen molar-refractivity contribution >= 4 is 35.4 Å². The molecule has 1 unspecified atom stereocenters. The summed E-state index contributed by atoms with van der Waals surface area (Å²) in [5, 5.41) is 5.43. The van der Waals surface area contributed by atoms with Crippen LogP contribution in [-0.4, -0.2) is 48.1 Å². The second-order valence-electron chi connectivity index (χ2n) is 8.26. The maximum Gasteiger partial charge on any atom is 0.339 e. The van der Waals surface area contributed by atoms with Crippen LogP contribution in [0.15, 0.2) is 54.2 Å². The molecule has 0 fully saturated rings. The third-order valence-corrected chi connectivity index (χ3v) is 6.52. The third kappa shape index (κ3) is 10.5. The van der Waals surface area contributed by atoms with Crippen molar-refractivity contribution in [3.8, 4) is 5.75 Å². The van der Waals surface area contributed by atoms with Gasteiger partial charge >= 0.3 is 5.97 Å². The van der Waals surface area contributed by atoms with Gasteiger partial charge in [0, 0.05) is 13.1 Å². The van der Waals surface area contributed by atoms with E-state index in [0.29, 0.717) is 11.4 Å².